The van der Waals surface area contributed by atoms with E-state index in [1.54, 1.807) is 0 Å². The fraction of sp³-hybridized carbons (Fsp3) is 0.533. The summed E-state index contributed by atoms with van der Waals surface area (Å²) in [6.07, 6.45) is 0. The first kappa shape index (κ1) is 18.2. The van der Waals surface area contributed by atoms with Crippen LogP contribution in [0.15, 0.2) is 18.2 Å². The molecule has 0 amide bonds. The minimum absolute atomic E-state index is 0. The molecule has 3 nitrogen and oxygen atoms in total. The molecule has 1 rings (SSSR count). The van der Waals surface area contributed by atoms with Crippen LogP contribution in [-0.4, -0.2) is 18.0 Å². The van der Waals surface area contributed by atoms with Gasteiger partial charge in [-0.3, -0.25) is 10.3 Å². The molecule has 3 N–H and O–H groups in total. The highest BCUT2D eigenvalue weighted by Gasteiger charge is 2.13. The van der Waals surface area contributed by atoms with Crippen LogP contribution in [0.2, 0.25) is 0 Å². The number of para-hydroxylation sites is 1. The van der Waals surface area contributed by atoms with E-state index in [2.05, 4.69) is 75.4 Å². The van der Waals surface area contributed by atoms with Crippen molar-refractivity contribution in [1.82, 2.24) is 5.32 Å². The molecule has 19 heavy (non-hydrogen) atoms. The van der Waals surface area contributed by atoms with Gasteiger partial charge in [0.25, 0.3) is 0 Å². The predicted molar refractivity (Wildman–Crippen MR) is 78.9 cm³/mol. The third-order valence-electron chi connectivity index (χ3n) is 2.60. The Morgan fingerprint density at radius 1 is 1.05 bits per heavy atom. The summed E-state index contributed by atoms with van der Waals surface area (Å²) in [6, 6.07) is 7.11. The lowest BCUT2D eigenvalue weighted by Crippen LogP contribution is -3.00. The molecule has 0 spiro atoms. The smallest absolute Gasteiger partial charge is 0.348 e. The van der Waals surface area contributed by atoms with Crippen LogP contribution in [-0.2, 0) is 0 Å². The summed E-state index contributed by atoms with van der Waals surface area (Å²) < 4.78 is 0. The Morgan fingerprint density at radius 2 is 1.58 bits per heavy atom. The summed E-state index contributed by atoms with van der Waals surface area (Å²) in [5.74, 6) is 0.970. The molecule has 0 aliphatic heterocycles. The second kappa shape index (κ2) is 8.40. The number of nitrogens with one attached hydrogen (secondary N) is 3. The van der Waals surface area contributed by atoms with Gasteiger partial charge in [0, 0.05) is 0 Å². The lowest BCUT2D eigenvalue weighted by Gasteiger charge is -2.12. The molecule has 0 aliphatic rings. The number of halogens is 1. The zero-order chi connectivity index (χ0) is 13.7. The number of benzene rings is 1. The van der Waals surface area contributed by atoms with E-state index in [0.717, 1.165) is 5.96 Å². The topological polar surface area (TPSA) is 38.0 Å². The van der Waals surface area contributed by atoms with E-state index in [9.17, 15) is 0 Å². The van der Waals surface area contributed by atoms with Crippen molar-refractivity contribution in [1.29, 1.82) is 0 Å². The first-order valence-electron chi connectivity index (χ1n) is 6.63. The van der Waals surface area contributed by atoms with Gasteiger partial charge in [0.15, 0.2) is 0 Å². The normalized spacial score (nSPS) is 11.5. The Bertz CT molecular complexity index is 405. The predicted octanol–water partition coefficient (Wildman–Crippen LogP) is -1.44. The Hall–Kier alpha value is -0.780. The molecule has 0 radical (unpaired) electrons. The summed E-state index contributed by atoms with van der Waals surface area (Å²) in [7, 11) is 0. The van der Waals surface area contributed by atoms with E-state index in [0.29, 0.717) is 12.1 Å². The summed E-state index contributed by atoms with van der Waals surface area (Å²) >= 11 is 0. The van der Waals surface area contributed by atoms with Gasteiger partial charge in [-0.15, -0.1) is 0 Å². The monoisotopic (exact) mass is 375 g/mol. The second-order valence-electron chi connectivity index (χ2n) is 5.36. The van der Waals surface area contributed by atoms with Crippen molar-refractivity contribution in [2.24, 2.45) is 0 Å². The Kier molecular flexibility index (Phi) is 8.06. The maximum Gasteiger partial charge on any atom is 0.348 e. The molecule has 0 atom stereocenters. The molecular weight excluding hydrogens is 349 g/mol. The molecule has 0 saturated heterocycles. The van der Waals surface area contributed by atoms with Crippen molar-refractivity contribution in [3.05, 3.63) is 29.3 Å². The molecule has 1 aromatic rings. The summed E-state index contributed by atoms with van der Waals surface area (Å²) in [5, 5.41) is 6.88. The van der Waals surface area contributed by atoms with E-state index in [4.69, 9.17) is 0 Å². The largest absolute Gasteiger partial charge is 1.00 e. The van der Waals surface area contributed by atoms with E-state index >= 15 is 0 Å². The van der Waals surface area contributed by atoms with Crippen molar-refractivity contribution in [3.8, 4) is 0 Å². The molecule has 0 aliphatic carbocycles. The maximum absolute atomic E-state index is 3.47. The third kappa shape index (κ3) is 6.27. The van der Waals surface area contributed by atoms with Crippen LogP contribution in [0, 0.1) is 13.8 Å². The standard InChI is InChI=1S/C15H25N3.HI/c1-10(2)16-15(17-11(3)4)18-14-12(5)8-7-9-13(14)6;/h7-11H,1-6H3,(H2,16,17,18);1H. The average Bonchev–Trinajstić information content (AvgIpc) is 2.21. The van der Waals surface area contributed by atoms with E-state index in [1.165, 1.54) is 16.8 Å². The van der Waals surface area contributed by atoms with Crippen molar-refractivity contribution >= 4 is 11.6 Å². The first-order chi connectivity index (χ1) is 8.40. The van der Waals surface area contributed by atoms with Gasteiger partial charge < -0.3 is 24.0 Å². The number of anilines is 1. The van der Waals surface area contributed by atoms with Gasteiger partial charge in [0.05, 0.1) is 12.1 Å². The Labute approximate surface area is 134 Å². The molecular formula is C15H26IN3. The number of hydrogen-bond acceptors (Lipinski definition) is 0. The summed E-state index contributed by atoms with van der Waals surface area (Å²) in [4.78, 5) is 3.41. The molecule has 1 aromatic carbocycles. The van der Waals surface area contributed by atoms with Crippen LogP contribution in [0.1, 0.15) is 38.8 Å². The lowest BCUT2D eigenvalue weighted by atomic mass is 10.1. The summed E-state index contributed by atoms with van der Waals surface area (Å²) in [6.45, 7) is 12.8. The number of hydrogen-bond donors (Lipinski definition) is 3. The van der Waals surface area contributed by atoms with Crippen LogP contribution in [0.25, 0.3) is 0 Å². The molecule has 0 heterocycles. The fourth-order valence-electron chi connectivity index (χ4n) is 1.83. The average molecular weight is 375 g/mol. The quantitative estimate of drug-likeness (QED) is 0.344. The van der Waals surface area contributed by atoms with Crippen molar-refractivity contribution in [2.45, 2.75) is 53.6 Å². The van der Waals surface area contributed by atoms with Crippen LogP contribution in [0.3, 0.4) is 0 Å². The lowest BCUT2D eigenvalue weighted by molar-refractivity contribution is -0.495. The highest BCUT2D eigenvalue weighted by Crippen LogP contribution is 2.18. The van der Waals surface area contributed by atoms with Gasteiger partial charge >= 0.3 is 5.96 Å². The minimum atomic E-state index is 0. The zero-order valence-corrected chi connectivity index (χ0v) is 14.9. The van der Waals surface area contributed by atoms with Crippen LogP contribution in [0.4, 0.5) is 5.69 Å². The van der Waals surface area contributed by atoms with E-state index in [-0.39, 0.29) is 24.0 Å². The molecule has 108 valence electrons. The van der Waals surface area contributed by atoms with Gasteiger partial charge in [0.2, 0.25) is 0 Å². The van der Waals surface area contributed by atoms with Crippen molar-refractivity contribution < 1.29 is 29.0 Å². The molecule has 0 saturated carbocycles. The minimum Gasteiger partial charge on any atom is -1.00 e. The van der Waals surface area contributed by atoms with Gasteiger partial charge in [0.1, 0.15) is 5.69 Å². The summed E-state index contributed by atoms with van der Waals surface area (Å²) in [5.41, 5.74) is 3.68. The number of guanidine groups is 1. The van der Waals surface area contributed by atoms with Crippen molar-refractivity contribution in [3.63, 3.8) is 0 Å². The SMILES string of the molecule is Cc1cccc(C)c1NC(NC(C)C)=[NH+]C(C)C.[I-]. The maximum atomic E-state index is 3.47. The highest BCUT2D eigenvalue weighted by molar-refractivity contribution is 5.91. The molecule has 0 unspecified atom stereocenters. The van der Waals surface area contributed by atoms with Crippen molar-refractivity contribution in [2.75, 3.05) is 5.32 Å². The Balaban J connectivity index is 0.00000324. The van der Waals surface area contributed by atoms with Gasteiger partial charge in [-0.2, -0.15) is 0 Å². The fourth-order valence-corrected chi connectivity index (χ4v) is 1.83. The highest BCUT2D eigenvalue weighted by atomic mass is 127. The van der Waals surface area contributed by atoms with Gasteiger partial charge in [-0.25, -0.2) is 5.32 Å². The first-order valence-corrected chi connectivity index (χ1v) is 6.63. The van der Waals surface area contributed by atoms with Gasteiger partial charge in [-0.05, 0) is 52.7 Å². The molecule has 0 bridgehead atoms. The second-order valence-corrected chi connectivity index (χ2v) is 5.36. The van der Waals surface area contributed by atoms with Crippen LogP contribution >= 0.6 is 0 Å². The van der Waals surface area contributed by atoms with Crippen LogP contribution in [0.5, 0.6) is 0 Å². The third-order valence-corrected chi connectivity index (χ3v) is 2.60. The Morgan fingerprint density at radius 3 is 2.00 bits per heavy atom. The molecule has 0 aromatic heterocycles. The van der Waals surface area contributed by atoms with E-state index in [1.807, 2.05) is 0 Å². The number of aryl methyl sites for hydroxylation is 2. The molecule has 0 fully saturated rings. The molecule has 4 heteroatoms. The number of rotatable bonds is 3. The van der Waals surface area contributed by atoms with Crippen LogP contribution < -0.4 is 39.6 Å². The van der Waals surface area contributed by atoms with E-state index < -0.39 is 0 Å². The van der Waals surface area contributed by atoms with Gasteiger partial charge in [-0.1, -0.05) is 18.2 Å². The zero-order valence-electron chi connectivity index (χ0n) is 12.8.